The van der Waals surface area contributed by atoms with Crippen molar-refractivity contribution in [2.24, 2.45) is 5.92 Å². The number of amides is 1. The average molecular weight is 318 g/mol. The lowest BCUT2D eigenvalue weighted by Crippen LogP contribution is -2.42. The minimum Gasteiger partial charge on any atom is -0.392 e. The van der Waals surface area contributed by atoms with Gasteiger partial charge < -0.3 is 15.2 Å². The average Bonchev–Trinajstić information content (AvgIpc) is 3.12. The molecule has 0 bridgehead atoms. The number of likely N-dealkylation sites (tertiary alicyclic amines) is 1. The van der Waals surface area contributed by atoms with Gasteiger partial charge in [0.05, 0.1) is 18.1 Å². The molecule has 5 heteroatoms. The lowest BCUT2D eigenvalue weighted by Gasteiger charge is -2.25. The van der Waals surface area contributed by atoms with Crippen LogP contribution in [-0.4, -0.2) is 53.9 Å². The second kappa shape index (κ2) is 7.43. The van der Waals surface area contributed by atoms with Crippen LogP contribution >= 0.6 is 0 Å². The zero-order chi connectivity index (χ0) is 16.2. The Kier molecular flexibility index (Phi) is 5.30. The lowest BCUT2D eigenvalue weighted by molar-refractivity contribution is -0.126. The summed E-state index contributed by atoms with van der Waals surface area (Å²) in [4.78, 5) is 14.5. The molecule has 23 heavy (non-hydrogen) atoms. The number of carbonyl (C=O) groups is 1. The number of nitrogens with zero attached hydrogens (tertiary/aromatic N) is 1. The predicted molar refractivity (Wildman–Crippen MR) is 87.8 cm³/mol. The highest BCUT2D eigenvalue weighted by Gasteiger charge is 2.34. The SMILES string of the molecule is CC1OCCC1C(=O)NCC1CC(O)CN1Cc1ccccc1. The molecule has 4 unspecified atom stereocenters. The van der Waals surface area contributed by atoms with E-state index in [0.717, 1.165) is 13.0 Å². The van der Waals surface area contributed by atoms with E-state index >= 15 is 0 Å². The van der Waals surface area contributed by atoms with Crippen LogP contribution in [0.25, 0.3) is 0 Å². The zero-order valence-corrected chi connectivity index (χ0v) is 13.6. The van der Waals surface area contributed by atoms with Crippen LogP contribution in [0.4, 0.5) is 0 Å². The van der Waals surface area contributed by atoms with E-state index in [9.17, 15) is 9.90 Å². The van der Waals surface area contributed by atoms with Gasteiger partial charge in [0.2, 0.25) is 5.91 Å². The molecule has 0 spiro atoms. The fourth-order valence-corrected chi connectivity index (χ4v) is 3.61. The molecule has 2 fully saturated rings. The molecule has 5 nitrogen and oxygen atoms in total. The monoisotopic (exact) mass is 318 g/mol. The molecule has 2 saturated heterocycles. The molecule has 1 aromatic rings. The third kappa shape index (κ3) is 4.10. The number of hydrogen-bond acceptors (Lipinski definition) is 4. The maximum atomic E-state index is 12.3. The summed E-state index contributed by atoms with van der Waals surface area (Å²) in [7, 11) is 0. The lowest BCUT2D eigenvalue weighted by atomic mass is 10.0. The van der Waals surface area contributed by atoms with Gasteiger partial charge in [-0.1, -0.05) is 30.3 Å². The first kappa shape index (κ1) is 16.4. The first-order valence-corrected chi connectivity index (χ1v) is 8.49. The number of ether oxygens (including phenoxy) is 1. The molecule has 1 amide bonds. The van der Waals surface area contributed by atoms with Crippen LogP contribution in [0.2, 0.25) is 0 Å². The molecule has 126 valence electrons. The van der Waals surface area contributed by atoms with Gasteiger partial charge in [0.25, 0.3) is 0 Å². The van der Waals surface area contributed by atoms with Gasteiger partial charge in [0, 0.05) is 32.3 Å². The number of benzene rings is 1. The van der Waals surface area contributed by atoms with Gasteiger partial charge in [-0.2, -0.15) is 0 Å². The summed E-state index contributed by atoms with van der Waals surface area (Å²) < 4.78 is 5.46. The fraction of sp³-hybridized carbons (Fsp3) is 0.611. The Bertz CT molecular complexity index is 522. The summed E-state index contributed by atoms with van der Waals surface area (Å²) in [5.41, 5.74) is 1.23. The molecular formula is C18H26N2O3. The highest BCUT2D eigenvalue weighted by molar-refractivity contribution is 5.79. The van der Waals surface area contributed by atoms with Gasteiger partial charge in [-0.25, -0.2) is 0 Å². The van der Waals surface area contributed by atoms with Gasteiger partial charge in [-0.3, -0.25) is 9.69 Å². The van der Waals surface area contributed by atoms with E-state index in [2.05, 4.69) is 22.3 Å². The van der Waals surface area contributed by atoms with E-state index in [4.69, 9.17) is 4.74 Å². The standard InChI is InChI=1S/C18H26N2O3/c1-13-17(7-8-23-13)18(22)19-10-15-9-16(21)12-20(15)11-14-5-3-2-4-6-14/h2-6,13,15-17,21H,7-12H2,1H3,(H,19,22). The molecule has 2 heterocycles. The summed E-state index contributed by atoms with van der Waals surface area (Å²) in [6.45, 7) is 4.69. The Hall–Kier alpha value is -1.43. The maximum Gasteiger partial charge on any atom is 0.225 e. The highest BCUT2D eigenvalue weighted by Crippen LogP contribution is 2.22. The number of aliphatic hydroxyl groups is 1. The third-order valence-corrected chi connectivity index (χ3v) is 4.96. The van der Waals surface area contributed by atoms with Gasteiger partial charge in [0.1, 0.15) is 0 Å². The molecule has 0 aliphatic carbocycles. The first-order valence-electron chi connectivity index (χ1n) is 8.49. The van der Waals surface area contributed by atoms with E-state index in [1.807, 2.05) is 25.1 Å². The largest absolute Gasteiger partial charge is 0.392 e. The van der Waals surface area contributed by atoms with Crippen molar-refractivity contribution in [2.75, 3.05) is 19.7 Å². The van der Waals surface area contributed by atoms with Gasteiger partial charge >= 0.3 is 0 Å². The quantitative estimate of drug-likeness (QED) is 0.855. The number of carbonyl (C=O) groups excluding carboxylic acids is 1. The van der Waals surface area contributed by atoms with Crippen molar-refractivity contribution in [2.45, 2.75) is 44.6 Å². The van der Waals surface area contributed by atoms with Crippen LogP contribution in [0.5, 0.6) is 0 Å². The highest BCUT2D eigenvalue weighted by atomic mass is 16.5. The van der Waals surface area contributed by atoms with Crippen molar-refractivity contribution in [3.05, 3.63) is 35.9 Å². The molecule has 0 saturated carbocycles. The zero-order valence-electron chi connectivity index (χ0n) is 13.6. The van der Waals surface area contributed by atoms with E-state index in [1.54, 1.807) is 0 Å². The molecule has 3 rings (SSSR count). The Morgan fingerprint density at radius 1 is 1.39 bits per heavy atom. The minimum absolute atomic E-state index is 0.00425. The summed E-state index contributed by atoms with van der Waals surface area (Å²) >= 11 is 0. The number of β-amino-alcohol motifs (C(OH)–C–C–N with tert-alkyl or cyclic N) is 1. The minimum atomic E-state index is -0.311. The van der Waals surface area contributed by atoms with Gasteiger partial charge in [-0.15, -0.1) is 0 Å². The van der Waals surface area contributed by atoms with Crippen molar-refractivity contribution < 1.29 is 14.6 Å². The number of rotatable bonds is 5. The normalized spacial score (nSPS) is 31.4. The van der Waals surface area contributed by atoms with Crippen LogP contribution < -0.4 is 5.32 Å². The topological polar surface area (TPSA) is 61.8 Å². The Morgan fingerprint density at radius 2 is 2.17 bits per heavy atom. The van der Waals surface area contributed by atoms with Crippen LogP contribution in [0, 0.1) is 5.92 Å². The molecular weight excluding hydrogens is 292 g/mol. The van der Waals surface area contributed by atoms with Crippen molar-refractivity contribution in [3.8, 4) is 0 Å². The molecule has 2 N–H and O–H groups in total. The Balaban J connectivity index is 1.54. The maximum absolute atomic E-state index is 12.3. The van der Waals surface area contributed by atoms with Crippen LogP contribution in [0.3, 0.4) is 0 Å². The predicted octanol–water partition coefficient (Wildman–Crippen LogP) is 1.16. The van der Waals surface area contributed by atoms with Crippen molar-refractivity contribution >= 4 is 5.91 Å². The van der Waals surface area contributed by atoms with E-state index in [0.29, 0.717) is 26.1 Å². The van der Waals surface area contributed by atoms with Gasteiger partial charge in [-0.05, 0) is 25.3 Å². The van der Waals surface area contributed by atoms with Crippen molar-refractivity contribution in [3.63, 3.8) is 0 Å². The summed E-state index contributed by atoms with van der Waals surface area (Å²) in [6, 6.07) is 10.4. The number of aliphatic hydroxyl groups excluding tert-OH is 1. The van der Waals surface area contributed by atoms with Crippen LogP contribution in [0.1, 0.15) is 25.3 Å². The second-order valence-corrected chi connectivity index (χ2v) is 6.67. The molecule has 4 atom stereocenters. The summed E-state index contributed by atoms with van der Waals surface area (Å²) in [5.74, 6) is 0.0416. The van der Waals surface area contributed by atoms with Crippen LogP contribution in [-0.2, 0) is 16.1 Å². The fourth-order valence-electron chi connectivity index (χ4n) is 3.61. The summed E-state index contributed by atoms with van der Waals surface area (Å²) in [5, 5.41) is 13.1. The van der Waals surface area contributed by atoms with Crippen molar-refractivity contribution in [1.82, 2.24) is 10.2 Å². The third-order valence-electron chi connectivity index (χ3n) is 4.96. The molecule has 0 radical (unpaired) electrons. The Labute approximate surface area is 137 Å². The second-order valence-electron chi connectivity index (χ2n) is 6.67. The molecule has 1 aromatic carbocycles. The Morgan fingerprint density at radius 3 is 2.87 bits per heavy atom. The van der Waals surface area contributed by atoms with E-state index < -0.39 is 0 Å². The molecule has 2 aliphatic heterocycles. The van der Waals surface area contributed by atoms with E-state index in [-0.39, 0.29) is 30.1 Å². The number of nitrogens with one attached hydrogen (secondary N) is 1. The van der Waals surface area contributed by atoms with Crippen LogP contribution in [0.15, 0.2) is 30.3 Å². The molecule has 0 aromatic heterocycles. The molecule has 2 aliphatic rings. The van der Waals surface area contributed by atoms with Crippen molar-refractivity contribution in [1.29, 1.82) is 0 Å². The smallest absolute Gasteiger partial charge is 0.225 e. The van der Waals surface area contributed by atoms with Gasteiger partial charge in [0.15, 0.2) is 0 Å². The summed E-state index contributed by atoms with van der Waals surface area (Å²) in [6.07, 6.45) is 1.21. The van der Waals surface area contributed by atoms with E-state index in [1.165, 1.54) is 5.56 Å². The first-order chi connectivity index (χ1) is 11.1. The number of hydrogen-bond donors (Lipinski definition) is 2.